The molecule has 0 aliphatic carbocycles. The summed E-state index contributed by atoms with van der Waals surface area (Å²) in [5.74, 6) is 0. The minimum Gasteiger partial charge on any atom is -0.744 e. The van der Waals surface area contributed by atoms with Gasteiger partial charge in [0.15, 0.2) is 0 Å². The summed E-state index contributed by atoms with van der Waals surface area (Å²) in [4.78, 5) is -0.178. The van der Waals surface area contributed by atoms with E-state index in [4.69, 9.17) is 0 Å². The molecule has 0 fully saturated rings. The molecule has 0 aromatic heterocycles. The minimum atomic E-state index is -4.27. The molecule has 4 nitrogen and oxygen atoms in total. The number of benzene rings is 1. The van der Waals surface area contributed by atoms with E-state index in [0.717, 1.165) is 10.9 Å². The summed E-state index contributed by atoms with van der Waals surface area (Å²) in [6.07, 6.45) is 8.13. The minimum absolute atomic E-state index is 0.178. The van der Waals surface area contributed by atoms with E-state index >= 15 is 0 Å². The summed E-state index contributed by atoms with van der Waals surface area (Å²) in [6, 6.07) is 5.78. The van der Waals surface area contributed by atoms with Crippen LogP contribution in [0.5, 0.6) is 0 Å². The molecule has 0 spiro atoms. The van der Waals surface area contributed by atoms with Crippen LogP contribution >= 0.6 is 15.9 Å². The Kier molecular flexibility index (Phi) is 13.5. The van der Waals surface area contributed by atoms with Gasteiger partial charge in [0.25, 0.3) is 0 Å². The van der Waals surface area contributed by atoms with Crippen molar-refractivity contribution in [3.05, 3.63) is 29.8 Å². The molecule has 1 aromatic carbocycles. The molecule has 152 valence electrons. The first kappa shape index (κ1) is 25.6. The Hall–Kier alpha value is -0.430. The predicted molar refractivity (Wildman–Crippen MR) is 113 cm³/mol. The number of nitrogens with zero attached hydrogens (tertiary/aromatic N) is 1. The van der Waals surface area contributed by atoms with Gasteiger partial charge in [0, 0.05) is 5.33 Å². The number of hydrogen-bond donors (Lipinski definition) is 0. The topological polar surface area (TPSA) is 57.2 Å². The van der Waals surface area contributed by atoms with E-state index < -0.39 is 10.1 Å². The van der Waals surface area contributed by atoms with Crippen molar-refractivity contribution in [2.75, 3.05) is 32.0 Å². The molecule has 6 heteroatoms. The zero-order chi connectivity index (χ0) is 20.1. The molecular formula is C20H36BrNO3S. The molecule has 0 amide bonds. The van der Waals surface area contributed by atoms with Gasteiger partial charge in [-0.25, -0.2) is 8.42 Å². The first-order valence-electron chi connectivity index (χ1n) is 9.60. The van der Waals surface area contributed by atoms with Crippen molar-refractivity contribution >= 4 is 26.0 Å². The van der Waals surface area contributed by atoms with Crippen LogP contribution in [0.1, 0.15) is 57.9 Å². The largest absolute Gasteiger partial charge is 0.744 e. The van der Waals surface area contributed by atoms with Crippen LogP contribution in [-0.4, -0.2) is 49.5 Å². The summed E-state index contributed by atoms with van der Waals surface area (Å²) in [5.41, 5.74) is 0.928. The van der Waals surface area contributed by atoms with Crippen LogP contribution in [-0.2, 0) is 10.1 Å². The fourth-order valence-corrected chi connectivity index (χ4v) is 3.57. The van der Waals surface area contributed by atoms with Crippen molar-refractivity contribution in [3.8, 4) is 0 Å². The fraction of sp³-hybridized carbons (Fsp3) is 0.700. The van der Waals surface area contributed by atoms with E-state index in [-0.39, 0.29) is 4.90 Å². The van der Waals surface area contributed by atoms with E-state index in [1.54, 1.807) is 12.1 Å². The molecule has 0 N–H and O–H groups in total. The van der Waals surface area contributed by atoms with Gasteiger partial charge in [-0.2, -0.15) is 0 Å². The molecule has 0 unspecified atom stereocenters. The van der Waals surface area contributed by atoms with Gasteiger partial charge >= 0.3 is 0 Å². The lowest BCUT2D eigenvalue weighted by Gasteiger charge is -2.34. The van der Waals surface area contributed by atoms with Crippen LogP contribution in [0.4, 0.5) is 0 Å². The molecule has 0 radical (unpaired) electrons. The number of unbranched alkanes of at least 4 members (excludes halogenated alkanes) is 3. The van der Waals surface area contributed by atoms with Crippen molar-refractivity contribution in [1.82, 2.24) is 0 Å². The quantitative estimate of drug-likeness (QED) is 0.204. The van der Waals surface area contributed by atoms with Crippen LogP contribution in [0.25, 0.3) is 0 Å². The monoisotopic (exact) mass is 449 g/mol. The van der Waals surface area contributed by atoms with Crippen LogP contribution in [0, 0.1) is 6.92 Å². The van der Waals surface area contributed by atoms with Crippen LogP contribution in [0.15, 0.2) is 29.2 Å². The zero-order valence-corrected chi connectivity index (χ0v) is 19.2. The molecule has 0 saturated heterocycles. The SMILES string of the molecule is CCCC[N+](C)(CCCC)CCCCBr.Cc1ccc(S(=O)(=O)[O-])cc1. The highest BCUT2D eigenvalue weighted by Gasteiger charge is 2.19. The number of alkyl halides is 1. The first-order chi connectivity index (χ1) is 12.2. The third kappa shape index (κ3) is 12.0. The number of rotatable bonds is 11. The van der Waals surface area contributed by atoms with Crippen LogP contribution in [0.3, 0.4) is 0 Å². The standard InChI is InChI=1S/C13H29BrN.C7H8O3S/c1-4-6-11-15(3,12-7-5-2)13-9-8-10-14;1-6-2-4-7(5-3-6)11(8,9)10/h4-13H2,1-3H3;2-5H,1H3,(H,8,9,10)/q+1;/p-1. The fourth-order valence-electron chi connectivity index (χ4n) is 2.71. The van der Waals surface area contributed by atoms with E-state index in [1.807, 2.05) is 6.92 Å². The smallest absolute Gasteiger partial charge is 0.124 e. The summed E-state index contributed by atoms with van der Waals surface area (Å²) < 4.78 is 32.5. The lowest BCUT2D eigenvalue weighted by molar-refractivity contribution is -0.910. The van der Waals surface area contributed by atoms with Gasteiger partial charge in [0.05, 0.1) is 31.6 Å². The molecule has 0 heterocycles. The van der Waals surface area contributed by atoms with Crippen molar-refractivity contribution in [2.24, 2.45) is 0 Å². The zero-order valence-electron chi connectivity index (χ0n) is 16.8. The van der Waals surface area contributed by atoms with Gasteiger partial charge in [0.1, 0.15) is 10.1 Å². The van der Waals surface area contributed by atoms with E-state index in [1.165, 1.54) is 74.8 Å². The molecule has 0 bridgehead atoms. The second-order valence-electron chi connectivity index (χ2n) is 7.16. The number of halogens is 1. The summed E-state index contributed by atoms with van der Waals surface area (Å²) in [7, 11) is -1.83. The summed E-state index contributed by atoms with van der Waals surface area (Å²) in [5, 5.41) is 1.16. The maximum absolute atomic E-state index is 10.4. The molecule has 26 heavy (non-hydrogen) atoms. The van der Waals surface area contributed by atoms with Gasteiger partial charge < -0.3 is 9.04 Å². The Morgan fingerprint density at radius 2 is 1.38 bits per heavy atom. The van der Waals surface area contributed by atoms with Gasteiger partial charge in [0.2, 0.25) is 0 Å². The number of hydrogen-bond acceptors (Lipinski definition) is 3. The highest BCUT2D eigenvalue weighted by atomic mass is 79.9. The van der Waals surface area contributed by atoms with Gasteiger partial charge in [-0.05, 0) is 44.7 Å². The van der Waals surface area contributed by atoms with Crippen molar-refractivity contribution in [2.45, 2.75) is 64.2 Å². The Morgan fingerprint density at radius 1 is 0.923 bits per heavy atom. The normalized spacial score (nSPS) is 11.8. The maximum atomic E-state index is 10.4. The van der Waals surface area contributed by atoms with Crippen LogP contribution < -0.4 is 0 Å². The second kappa shape index (κ2) is 13.7. The Labute approximate surface area is 169 Å². The summed E-state index contributed by atoms with van der Waals surface area (Å²) >= 11 is 3.52. The second-order valence-corrected chi connectivity index (χ2v) is 9.33. The third-order valence-corrected chi connectivity index (χ3v) is 5.90. The van der Waals surface area contributed by atoms with Crippen molar-refractivity contribution in [3.63, 3.8) is 0 Å². The molecule has 0 saturated carbocycles. The van der Waals surface area contributed by atoms with Crippen molar-refractivity contribution in [1.29, 1.82) is 0 Å². The molecule has 1 rings (SSSR count). The molecule has 0 aliphatic rings. The van der Waals surface area contributed by atoms with Crippen molar-refractivity contribution < 1.29 is 17.5 Å². The first-order valence-corrected chi connectivity index (χ1v) is 12.1. The number of aryl methyl sites for hydroxylation is 1. The predicted octanol–water partition coefficient (Wildman–Crippen LogP) is 5.11. The third-order valence-electron chi connectivity index (χ3n) is 4.49. The molecule has 0 atom stereocenters. The highest BCUT2D eigenvalue weighted by Crippen LogP contribution is 2.11. The Bertz CT molecular complexity index is 565. The van der Waals surface area contributed by atoms with E-state index in [9.17, 15) is 13.0 Å². The van der Waals surface area contributed by atoms with Gasteiger partial charge in [-0.1, -0.05) is 60.3 Å². The van der Waals surface area contributed by atoms with E-state index in [0.29, 0.717) is 0 Å². The van der Waals surface area contributed by atoms with E-state index in [2.05, 4.69) is 36.8 Å². The average Bonchev–Trinajstić information content (AvgIpc) is 2.59. The maximum Gasteiger partial charge on any atom is 0.124 e. The Balaban J connectivity index is 0.000000502. The van der Waals surface area contributed by atoms with Gasteiger partial charge in [-0.3, -0.25) is 0 Å². The summed E-state index contributed by atoms with van der Waals surface area (Å²) in [6.45, 7) is 10.5. The average molecular weight is 450 g/mol. The molecule has 0 aliphatic heterocycles. The number of quaternary nitrogens is 1. The highest BCUT2D eigenvalue weighted by molar-refractivity contribution is 9.09. The molecular weight excluding hydrogens is 414 g/mol. The lowest BCUT2D eigenvalue weighted by atomic mass is 10.2. The molecule has 1 aromatic rings. The Morgan fingerprint density at radius 3 is 1.77 bits per heavy atom. The van der Waals surface area contributed by atoms with Gasteiger partial charge in [-0.15, -0.1) is 0 Å². The van der Waals surface area contributed by atoms with Crippen LogP contribution in [0.2, 0.25) is 0 Å². The lowest BCUT2D eigenvalue weighted by Crippen LogP contribution is -2.46.